The molecule has 1 atom stereocenters. The quantitative estimate of drug-likeness (QED) is 0.307. The highest BCUT2D eigenvalue weighted by molar-refractivity contribution is 7.92. The van der Waals surface area contributed by atoms with Crippen molar-refractivity contribution in [3.05, 3.63) is 67.1 Å². The van der Waals surface area contributed by atoms with Crippen LogP contribution in [0, 0.1) is 0 Å². The first kappa shape index (κ1) is 27.7. The van der Waals surface area contributed by atoms with Crippen LogP contribution in [0.25, 0.3) is 27.9 Å². The molecule has 1 aliphatic rings. The first-order valence-corrected chi connectivity index (χ1v) is 14.3. The molecule has 36 heavy (non-hydrogen) atoms. The van der Waals surface area contributed by atoms with Gasteiger partial charge in [-0.2, -0.15) is 9.65 Å². The van der Waals surface area contributed by atoms with Gasteiger partial charge in [-0.3, -0.25) is 0 Å². The van der Waals surface area contributed by atoms with Crippen molar-refractivity contribution in [3.63, 3.8) is 0 Å². The van der Waals surface area contributed by atoms with E-state index in [-0.39, 0.29) is 5.25 Å². The van der Waals surface area contributed by atoms with Crippen LogP contribution in [-0.4, -0.2) is 50.6 Å². The molecule has 3 heterocycles. The van der Waals surface area contributed by atoms with Gasteiger partial charge in [0.2, 0.25) is 0 Å². The van der Waals surface area contributed by atoms with Gasteiger partial charge >= 0.3 is 0 Å². The number of hydrogen-bond acceptors (Lipinski definition) is 5. The van der Waals surface area contributed by atoms with Gasteiger partial charge in [-0.1, -0.05) is 52.0 Å². The third kappa shape index (κ3) is 6.27. The zero-order valence-corrected chi connectivity index (χ0v) is 23.2. The van der Waals surface area contributed by atoms with Gasteiger partial charge in [-0.15, -0.1) is 0 Å². The largest absolute Gasteiger partial charge is 0.369 e. The first-order valence-electron chi connectivity index (χ1n) is 13.0. The van der Waals surface area contributed by atoms with Crippen LogP contribution in [0.1, 0.15) is 41.5 Å². The summed E-state index contributed by atoms with van der Waals surface area (Å²) in [6.45, 7) is 16.2. The lowest BCUT2D eigenvalue weighted by Gasteiger charge is -2.29. The summed E-state index contributed by atoms with van der Waals surface area (Å²) in [5, 5.41) is 8.14. The minimum absolute atomic E-state index is 0.188. The highest BCUT2D eigenvalue weighted by atomic mass is 32.2. The van der Waals surface area contributed by atoms with E-state index in [2.05, 4.69) is 39.6 Å². The summed E-state index contributed by atoms with van der Waals surface area (Å²) in [5.41, 5.74) is 6.21. The number of fused-ring (bicyclic) bond motifs is 1. The molecule has 6 nitrogen and oxygen atoms in total. The third-order valence-electron chi connectivity index (χ3n) is 5.87. The summed E-state index contributed by atoms with van der Waals surface area (Å²) in [6.07, 6.45) is 5.79. The molecule has 192 valence electrons. The van der Waals surface area contributed by atoms with E-state index in [0.717, 1.165) is 59.0 Å². The van der Waals surface area contributed by atoms with Gasteiger partial charge in [0, 0.05) is 61.5 Å². The lowest BCUT2D eigenvalue weighted by molar-refractivity contribution is 0.589. The Balaban J connectivity index is 0.000000861. The van der Waals surface area contributed by atoms with E-state index in [1.165, 1.54) is 5.69 Å². The molecule has 0 amide bonds. The second kappa shape index (κ2) is 13.4. The van der Waals surface area contributed by atoms with E-state index in [9.17, 15) is 4.55 Å². The monoisotopic (exact) mass is 506 g/mol. The molecule has 1 fully saturated rings. The van der Waals surface area contributed by atoms with Crippen molar-refractivity contribution in [1.82, 2.24) is 19.9 Å². The van der Waals surface area contributed by atoms with Crippen LogP contribution >= 0.6 is 0 Å². The summed E-state index contributed by atoms with van der Waals surface area (Å²) >= 11 is -0.778. The summed E-state index contributed by atoms with van der Waals surface area (Å²) in [6, 6.07) is 16.7. The standard InChI is InChI=1S/C25H28N5OS.2C2H6/c1-18(2)32(31)23-5-3-4-20(14-23)24-16-28-30-17-21(15-27-25(24)30)19-6-8-22(9-7-19)29-12-10-26-11-13-29;2*1-2/h3-9,14-18,26,31H,10-13H2,1-2H3;2*1-2H3/q+1;;. The van der Waals surface area contributed by atoms with Crippen molar-refractivity contribution in [3.8, 4) is 22.3 Å². The lowest BCUT2D eigenvalue weighted by Crippen LogP contribution is -2.43. The fourth-order valence-corrected chi connectivity index (χ4v) is 5.09. The average Bonchev–Trinajstić information content (AvgIpc) is 3.39. The molecule has 2 aromatic carbocycles. The van der Waals surface area contributed by atoms with E-state index in [1.807, 2.05) is 88.9 Å². The molecule has 5 rings (SSSR count). The van der Waals surface area contributed by atoms with Crippen LogP contribution < -0.4 is 10.2 Å². The fraction of sp³-hybridized carbons (Fsp3) is 0.379. The van der Waals surface area contributed by atoms with Crippen LogP contribution in [0.15, 0.2) is 72.0 Å². The van der Waals surface area contributed by atoms with Crippen LogP contribution in [0.4, 0.5) is 5.69 Å². The number of hydrogen-bond donors (Lipinski definition) is 2. The van der Waals surface area contributed by atoms with Crippen LogP contribution in [0.5, 0.6) is 0 Å². The van der Waals surface area contributed by atoms with Crippen molar-refractivity contribution in [2.75, 3.05) is 31.1 Å². The predicted octanol–water partition coefficient (Wildman–Crippen LogP) is 6.38. The molecule has 2 N–H and O–H groups in total. The predicted molar refractivity (Wildman–Crippen MR) is 155 cm³/mol. The van der Waals surface area contributed by atoms with Crippen molar-refractivity contribution in [2.24, 2.45) is 0 Å². The number of nitrogens with one attached hydrogen (secondary N) is 1. The molecule has 0 spiro atoms. The Morgan fingerprint density at radius 2 is 1.58 bits per heavy atom. The molecule has 0 saturated carbocycles. The molecular weight excluding hydrogens is 466 g/mol. The molecule has 1 aliphatic heterocycles. The van der Waals surface area contributed by atoms with Gasteiger partial charge in [0.15, 0.2) is 27.0 Å². The summed E-state index contributed by atoms with van der Waals surface area (Å²) < 4.78 is 12.3. The average molecular weight is 507 g/mol. The Hall–Kier alpha value is -2.87. The van der Waals surface area contributed by atoms with Crippen LogP contribution in [0.3, 0.4) is 0 Å². The number of anilines is 1. The smallest absolute Gasteiger partial charge is 0.190 e. The second-order valence-electron chi connectivity index (χ2n) is 8.34. The molecule has 0 radical (unpaired) electrons. The van der Waals surface area contributed by atoms with E-state index < -0.39 is 11.2 Å². The van der Waals surface area contributed by atoms with Gasteiger partial charge in [-0.05, 0) is 43.2 Å². The third-order valence-corrected chi connectivity index (χ3v) is 7.50. The lowest BCUT2D eigenvalue weighted by atomic mass is 10.1. The Bertz CT molecular complexity index is 1220. The number of nitrogens with zero attached hydrogens (tertiary/aromatic N) is 4. The number of benzene rings is 2. The Kier molecular flexibility index (Phi) is 10.3. The highest BCUT2D eigenvalue weighted by Crippen LogP contribution is 2.29. The van der Waals surface area contributed by atoms with Gasteiger partial charge in [0.25, 0.3) is 0 Å². The van der Waals surface area contributed by atoms with Crippen LogP contribution in [-0.2, 0) is 11.2 Å². The van der Waals surface area contributed by atoms with Gasteiger partial charge in [0.1, 0.15) is 0 Å². The van der Waals surface area contributed by atoms with E-state index in [1.54, 1.807) is 0 Å². The molecule has 1 unspecified atom stereocenters. The molecule has 0 aliphatic carbocycles. The second-order valence-corrected chi connectivity index (χ2v) is 10.4. The van der Waals surface area contributed by atoms with Crippen molar-refractivity contribution >= 4 is 22.5 Å². The molecular formula is C29H40N5OS+. The van der Waals surface area contributed by atoms with Crippen LogP contribution in [0.2, 0.25) is 0 Å². The molecule has 2 aromatic heterocycles. The zero-order chi connectivity index (χ0) is 26.1. The van der Waals surface area contributed by atoms with E-state index in [0.29, 0.717) is 0 Å². The topological polar surface area (TPSA) is 65.7 Å². The van der Waals surface area contributed by atoms with Crippen molar-refractivity contribution in [2.45, 2.75) is 51.7 Å². The molecule has 4 aromatic rings. The van der Waals surface area contributed by atoms with Gasteiger partial charge in [0.05, 0.1) is 6.20 Å². The van der Waals surface area contributed by atoms with E-state index >= 15 is 0 Å². The maximum atomic E-state index is 10.5. The summed E-state index contributed by atoms with van der Waals surface area (Å²) in [7, 11) is 0. The van der Waals surface area contributed by atoms with Gasteiger partial charge < -0.3 is 10.2 Å². The Labute approximate surface area is 218 Å². The highest BCUT2D eigenvalue weighted by Gasteiger charge is 2.25. The minimum Gasteiger partial charge on any atom is -0.369 e. The summed E-state index contributed by atoms with van der Waals surface area (Å²) in [4.78, 5) is 8.09. The number of piperazine rings is 1. The zero-order valence-electron chi connectivity index (χ0n) is 22.4. The Morgan fingerprint density at radius 1 is 0.889 bits per heavy atom. The maximum Gasteiger partial charge on any atom is 0.190 e. The fourth-order valence-electron chi connectivity index (χ4n) is 4.08. The van der Waals surface area contributed by atoms with Crippen molar-refractivity contribution < 1.29 is 4.55 Å². The summed E-state index contributed by atoms with van der Waals surface area (Å²) in [5.74, 6) is 0. The minimum atomic E-state index is -0.778. The number of aromatic nitrogens is 3. The first-order chi connectivity index (χ1) is 17.6. The normalized spacial score (nSPS) is 14.1. The SMILES string of the molecule is CC.CC.CC(C)[S+](O)c1cccc(-c2cnn3cc(-c4ccc(N5CCNCC5)cc4)cnc23)c1. The number of rotatable bonds is 5. The molecule has 7 heteroatoms. The van der Waals surface area contributed by atoms with Gasteiger partial charge in [-0.25, -0.2) is 9.50 Å². The molecule has 0 bridgehead atoms. The maximum absolute atomic E-state index is 10.5. The Morgan fingerprint density at radius 3 is 2.25 bits per heavy atom. The van der Waals surface area contributed by atoms with Crippen molar-refractivity contribution in [1.29, 1.82) is 0 Å². The molecule has 1 saturated heterocycles. The van der Waals surface area contributed by atoms with E-state index in [4.69, 9.17) is 4.98 Å².